The highest BCUT2D eigenvalue weighted by atomic mass is 19.1. The van der Waals surface area contributed by atoms with Crippen LogP contribution in [0.2, 0.25) is 0 Å². The first kappa shape index (κ1) is 25.1. The molecular formula is C27H30FN5O3. The fourth-order valence-electron chi connectivity index (χ4n) is 4.22. The lowest BCUT2D eigenvalue weighted by molar-refractivity contribution is -0.131. The molecule has 3 aromatic rings. The average Bonchev–Trinajstić information content (AvgIpc) is 3.18. The smallest absolute Gasteiger partial charge is 0.254 e. The van der Waals surface area contributed by atoms with E-state index in [1.54, 1.807) is 18.1 Å². The van der Waals surface area contributed by atoms with Gasteiger partial charge in [0.25, 0.3) is 5.91 Å². The first-order valence-corrected chi connectivity index (χ1v) is 12.0. The Labute approximate surface area is 210 Å². The van der Waals surface area contributed by atoms with Gasteiger partial charge in [0, 0.05) is 43.9 Å². The molecule has 188 valence electrons. The molecule has 0 unspecified atom stereocenters. The Morgan fingerprint density at radius 2 is 1.83 bits per heavy atom. The molecule has 1 aliphatic heterocycles. The van der Waals surface area contributed by atoms with E-state index in [0.29, 0.717) is 26.2 Å². The van der Waals surface area contributed by atoms with Gasteiger partial charge in [-0.15, -0.1) is 10.2 Å². The van der Waals surface area contributed by atoms with Crippen molar-refractivity contribution in [3.05, 3.63) is 72.0 Å². The molecule has 0 spiro atoms. The van der Waals surface area contributed by atoms with Crippen LogP contribution in [0.3, 0.4) is 0 Å². The highest BCUT2D eigenvalue weighted by Crippen LogP contribution is 2.23. The van der Waals surface area contributed by atoms with Gasteiger partial charge in [-0.3, -0.25) is 9.59 Å². The molecule has 0 bridgehead atoms. The Balaban J connectivity index is 1.36. The second kappa shape index (κ2) is 11.6. The predicted octanol–water partition coefficient (Wildman–Crippen LogP) is 3.49. The predicted molar refractivity (Wildman–Crippen MR) is 135 cm³/mol. The SMILES string of the molecule is CCN(CC(=O)N1CCCN(c2ccc(-c3cccc(OC)c3)nn2)CC1)C(=O)c1cccc(F)c1. The quantitative estimate of drug-likeness (QED) is 0.504. The van der Waals surface area contributed by atoms with E-state index in [-0.39, 0.29) is 23.9 Å². The Bertz CT molecular complexity index is 1200. The molecular weight excluding hydrogens is 461 g/mol. The van der Waals surface area contributed by atoms with Gasteiger partial charge in [0.1, 0.15) is 18.1 Å². The summed E-state index contributed by atoms with van der Waals surface area (Å²) in [5.41, 5.74) is 1.92. The highest BCUT2D eigenvalue weighted by molar-refractivity contribution is 5.96. The number of likely N-dealkylation sites (N-methyl/N-ethyl adjacent to an activating group) is 1. The largest absolute Gasteiger partial charge is 0.497 e. The second-order valence-corrected chi connectivity index (χ2v) is 8.56. The van der Waals surface area contributed by atoms with Gasteiger partial charge in [0.05, 0.1) is 12.8 Å². The number of methoxy groups -OCH3 is 1. The summed E-state index contributed by atoms with van der Waals surface area (Å²) < 4.78 is 18.8. The minimum atomic E-state index is -0.476. The molecule has 4 rings (SSSR count). The van der Waals surface area contributed by atoms with Crippen molar-refractivity contribution in [1.29, 1.82) is 0 Å². The fourth-order valence-corrected chi connectivity index (χ4v) is 4.22. The van der Waals surface area contributed by atoms with Crippen LogP contribution in [0.25, 0.3) is 11.3 Å². The van der Waals surface area contributed by atoms with Crippen molar-refractivity contribution in [2.24, 2.45) is 0 Å². The minimum absolute atomic E-state index is 0.0408. The Kier molecular flexibility index (Phi) is 8.10. The zero-order valence-electron chi connectivity index (χ0n) is 20.6. The summed E-state index contributed by atoms with van der Waals surface area (Å²) in [5.74, 6) is 0.564. The van der Waals surface area contributed by atoms with Crippen LogP contribution >= 0.6 is 0 Å². The number of carbonyl (C=O) groups is 2. The van der Waals surface area contributed by atoms with Gasteiger partial charge in [-0.25, -0.2) is 4.39 Å². The summed E-state index contributed by atoms with van der Waals surface area (Å²) in [6, 6.07) is 17.1. The summed E-state index contributed by atoms with van der Waals surface area (Å²) >= 11 is 0. The molecule has 1 fully saturated rings. The molecule has 0 aliphatic carbocycles. The number of nitrogens with zero attached hydrogens (tertiary/aromatic N) is 5. The summed E-state index contributed by atoms with van der Waals surface area (Å²) in [6.07, 6.45) is 0.773. The van der Waals surface area contributed by atoms with E-state index in [0.717, 1.165) is 35.8 Å². The van der Waals surface area contributed by atoms with E-state index < -0.39 is 5.82 Å². The summed E-state index contributed by atoms with van der Waals surface area (Å²) in [6.45, 7) is 4.60. The van der Waals surface area contributed by atoms with Crippen LogP contribution in [0.1, 0.15) is 23.7 Å². The van der Waals surface area contributed by atoms with Crippen molar-refractivity contribution in [2.75, 3.05) is 51.3 Å². The van der Waals surface area contributed by atoms with E-state index >= 15 is 0 Å². The molecule has 2 amide bonds. The van der Waals surface area contributed by atoms with E-state index in [1.807, 2.05) is 43.3 Å². The van der Waals surface area contributed by atoms with Gasteiger partial charge >= 0.3 is 0 Å². The van der Waals surface area contributed by atoms with Crippen molar-refractivity contribution in [3.8, 4) is 17.0 Å². The number of aromatic nitrogens is 2. The van der Waals surface area contributed by atoms with Crippen molar-refractivity contribution in [3.63, 3.8) is 0 Å². The number of benzene rings is 2. The first-order valence-electron chi connectivity index (χ1n) is 12.0. The van der Waals surface area contributed by atoms with Gasteiger partial charge in [-0.05, 0) is 55.8 Å². The van der Waals surface area contributed by atoms with E-state index in [4.69, 9.17) is 4.74 Å². The van der Waals surface area contributed by atoms with Gasteiger partial charge in [0.15, 0.2) is 5.82 Å². The fraction of sp³-hybridized carbons (Fsp3) is 0.333. The number of ether oxygens (including phenoxy) is 1. The van der Waals surface area contributed by atoms with E-state index in [9.17, 15) is 14.0 Å². The maximum atomic E-state index is 13.5. The van der Waals surface area contributed by atoms with E-state index in [1.165, 1.54) is 23.1 Å². The molecule has 0 radical (unpaired) electrons. The Morgan fingerprint density at radius 1 is 1.00 bits per heavy atom. The van der Waals surface area contributed by atoms with Gasteiger partial charge in [0.2, 0.25) is 5.91 Å². The molecule has 0 saturated carbocycles. The normalized spacial score (nSPS) is 13.8. The monoisotopic (exact) mass is 491 g/mol. The first-order chi connectivity index (χ1) is 17.5. The Hall–Kier alpha value is -4.01. The maximum absolute atomic E-state index is 13.5. The van der Waals surface area contributed by atoms with Gasteiger partial charge in [-0.2, -0.15) is 0 Å². The minimum Gasteiger partial charge on any atom is -0.497 e. The number of anilines is 1. The summed E-state index contributed by atoms with van der Waals surface area (Å²) in [4.78, 5) is 31.1. The molecule has 2 aromatic carbocycles. The number of halogens is 1. The molecule has 2 heterocycles. The molecule has 0 N–H and O–H groups in total. The number of carbonyl (C=O) groups excluding carboxylic acids is 2. The van der Waals surface area contributed by atoms with Crippen LogP contribution in [-0.4, -0.2) is 78.2 Å². The molecule has 0 atom stereocenters. The number of amides is 2. The third-order valence-electron chi connectivity index (χ3n) is 6.26. The van der Waals surface area contributed by atoms with Gasteiger partial charge < -0.3 is 19.4 Å². The summed E-state index contributed by atoms with van der Waals surface area (Å²) in [7, 11) is 1.63. The zero-order valence-corrected chi connectivity index (χ0v) is 20.6. The molecule has 8 nitrogen and oxygen atoms in total. The molecule has 1 aliphatic rings. The van der Waals surface area contributed by atoms with E-state index in [2.05, 4.69) is 15.1 Å². The van der Waals surface area contributed by atoms with Crippen molar-refractivity contribution >= 4 is 17.6 Å². The van der Waals surface area contributed by atoms with Crippen LogP contribution in [0.4, 0.5) is 10.2 Å². The zero-order chi connectivity index (χ0) is 25.5. The van der Waals surface area contributed by atoms with Crippen LogP contribution in [0.15, 0.2) is 60.7 Å². The van der Waals surface area contributed by atoms with Crippen molar-refractivity contribution in [2.45, 2.75) is 13.3 Å². The van der Waals surface area contributed by atoms with Crippen LogP contribution in [-0.2, 0) is 4.79 Å². The maximum Gasteiger partial charge on any atom is 0.254 e. The highest BCUT2D eigenvalue weighted by Gasteiger charge is 2.24. The van der Waals surface area contributed by atoms with Crippen LogP contribution in [0, 0.1) is 5.82 Å². The lowest BCUT2D eigenvalue weighted by Gasteiger charge is -2.26. The third kappa shape index (κ3) is 5.97. The van der Waals surface area contributed by atoms with Crippen LogP contribution in [0.5, 0.6) is 5.75 Å². The topological polar surface area (TPSA) is 78.9 Å². The molecule has 1 aromatic heterocycles. The Morgan fingerprint density at radius 3 is 2.56 bits per heavy atom. The number of hydrogen-bond acceptors (Lipinski definition) is 6. The standard InChI is InChI=1S/C27H30FN5O3/c1-3-31(27(35)21-8-4-9-22(28)17-21)19-26(34)33-14-6-13-32(15-16-33)25-12-11-24(29-30-25)20-7-5-10-23(18-20)36-2/h4-5,7-12,17-18H,3,6,13-16,19H2,1-2H3. The lowest BCUT2D eigenvalue weighted by atomic mass is 10.1. The molecule has 1 saturated heterocycles. The third-order valence-corrected chi connectivity index (χ3v) is 6.26. The van der Waals surface area contributed by atoms with Crippen LogP contribution < -0.4 is 9.64 Å². The number of hydrogen-bond donors (Lipinski definition) is 0. The van der Waals surface area contributed by atoms with Crippen molar-refractivity contribution < 1.29 is 18.7 Å². The lowest BCUT2D eigenvalue weighted by Crippen LogP contribution is -2.44. The number of rotatable bonds is 7. The van der Waals surface area contributed by atoms with Gasteiger partial charge in [-0.1, -0.05) is 18.2 Å². The van der Waals surface area contributed by atoms with Crippen molar-refractivity contribution in [1.82, 2.24) is 20.0 Å². The second-order valence-electron chi connectivity index (χ2n) is 8.56. The molecule has 9 heteroatoms. The molecule has 36 heavy (non-hydrogen) atoms. The summed E-state index contributed by atoms with van der Waals surface area (Å²) in [5, 5.41) is 8.81. The average molecular weight is 492 g/mol.